The minimum absolute atomic E-state index is 0.145. The molecule has 0 aromatic rings. The van der Waals surface area contributed by atoms with Gasteiger partial charge in [-0.3, -0.25) is 14.4 Å². The third-order valence-corrected chi connectivity index (χ3v) is 4.27. The van der Waals surface area contributed by atoms with Gasteiger partial charge in [0.05, 0.1) is 13.2 Å². The molecule has 8 heteroatoms. The minimum Gasteiger partial charge on any atom is -0.394 e. The molecular weight excluding hydrogens is 264 g/mol. The van der Waals surface area contributed by atoms with Gasteiger partial charge in [-0.15, -0.1) is 0 Å². The van der Waals surface area contributed by atoms with Crippen LogP contribution in [0.5, 0.6) is 0 Å². The maximum Gasteiger partial charge on any atom is 0.249 e. The molecule has 1 spiro atoms. The summed E-state index contributed by atoms with van der Waals surface area (Å²) in [5.74, 6) is -1.32. The van der Waals surface area contributed by atoms with E-state index in [1.54, 1.807) is 0 Å². The highest BCUT2D eigenvalue weighted by Gasteiger charge is 2.56. The number of hydrogen-bond acceptors (Lipinski definition) is 5. The average Bonchev–Trinajstić information content (AvgIpc) is 2.98. The molecule has 1 unspecified atom stereocenters. The molecule has 2 rings (SSSR count). The van der Waals surface area contributed by atoms with Crippen molar-refractivity contribution in [1.29, 1.82) is 0 Å². The number of aliphatic hydroxyl groups excluding tert-OH is 1. The van der Waals surface area contributed by atoms with Gasteiger partial charge in [0.2, 0.25) is 17.7 Å². The molecule has 0 saturated carbocycles. The van der Waals surface area contributed by atoms with Gasteiger partial charge in [0.25, 0.3) is 0 Å². The summed E-state index contributed by atoms with van der Waals surface area (Å²) in [5, 5.41) is 9.23. The molecule has 20 heavy (non-hydrogen) atoms. The molecule has 2 fully saturated rings. The number of rotatable bonds is 4. The topological polar surface area (TPSA) is 130 Å². The number of carbonyl (C=O) groups is 3. The fourth-order valence-corrected chi connectivity index (χ4v) is 3.26. The molecule has 3 amide bonds. The summed E-state index contributed by atoms with van der Waals surface area (Å²) in [7, 11) is 0. The van der Waals surface area contributed by atoms with Gasteiger partial charge in [-0.2, -0.15) is 0 Å². The highest BCUT2D eigenvalue weighted by molar-refractivity contribution is 5.97. The van der Waals surface area contributed by atoms with Crippen LogP contribution in [0, 0.1) is 0 Å². The van der Waals surface area contributed by atoms with Crippen molar-refractivity contribution in [3.8, 4) is 0 Å². The monoisotopic (exact) mass is 284 g/mol. The summed E-state index contributed by atoms with van der Waals surface area (Å²) < 4.78 is 0. The molecule has 0 radical (unpaired) electrons. The summed E-state index contributed by atoms with van der Waals surface area (Å²) in [4.78, 5) is 38.6. The molecule has 2 aliphatic heterocycles. The van der Waals surface area contributed by atoms with Gasteiger partial charge in [0.1, 0.15) is 11.6 Å². The van der Waals surface area contributed by atoms with Crippen molar-refractivity contribution in [2.24, 2.45) is 11.5 Å². The first-order chi connectivity index (χ1) is 9.47. The number of hydrogen-bond donors (Lipinski definition) is 3. The van der Waals surface area contributed by atoms with E-state index in [4.69, 9.17) is 11.5 Å². The van der Waals surface area contributed by atoms with E-state index in [0.717, 1.165) is 6.42 Å². The van der Waals surface area contributed by atoms with E-state index < -0.39 is 24.1 Å². The van der Waals surface area contributed by atoms with E-state index in [2.05, 4.69) is 0 Å². The van der Waals surface area contributed by atoms with E-state index in [9.17, 15) is 19.5 Å². The summed E-state index contributed by atoms with van der Waals surface area (Å²) in [5.41, 5.74) is 9.69. The predicted molar refractivity (Wildman–Crippen MR) is 69.1 cm³/mol. The quantitative estimate of drug-likeness (QED) is 0.520. The van der Waals surface area contributed by atoms with Crippen molar-refractivity contribution < 1.29 is 19.5 Å². The zero-order chi connectivity index (χ0) is 14.9. The first kappa shape index (κ1) is 14.7. The predicted octanol–water partition coefficient (Wildman–Crippen LogP) is -2.62. The Balaban J connectivity index is 2.25. The van der Waals surface area contributed by atoms with Crippen LogP contribution in [0.1, 0.15) is 19.3 Å². The maximum atomic E-state index is 12.6. The van der Waals surface area contributed by atoms with E-state index in [0.29, 0.717) is 25.9 Å². The zero-order valence-corrected chi connectivity index (χ0v) is 11.2. The number of nitrogens with two attached hydrogens (primary N) is 2. The largest absolute Gasteiger partial charge is 0.394 e. The first-order valence-electron chi connectivity index (χ1n) is 6.69. The zero-order valence-electron chi connectivity index (χ0n) is 11.2. The second-order valence-corrected chi connectivity index (χ2v) is 5.23. The van der Waals surface area contributed by atoms with Gasteiger partial charge in [-0.05, 0) is 19.3 Å². The first-order valence-corrected chi connectivity index (χ1v) is 6.69. The van der Waals surface area contributed by atoms with E-state index in [-0.39, 0.29) is 18.4 Å². The molecule has 0 bridgehead atoms. The Hall–Kier alpha value is -1.67. The van der Waals surface area contributed by atoms with Crippen LogP contribution < -0.4 is 11.5 Å². The van der Waals surface area contributed by atoms with Crippen molar-refractivity contribution in [2.75, 3.05) is 26.2 Å². The minimum atomic E-state index is -1.03. The molecule has 2 atom stereocenters. The van der Waals surface area contributed by atoms with Crippen LogP contribution >= 0.6 is 0 Å². The van der Waals surface area contributed by atoms with Crippen LogP contribution in [0.3, 0.4) is 0 Å². The van der Waals surface area contributed by atoms with Crippen LogP contribution in [0.25, 0.3) is 0 Å². The van der Waals surface area contributed by atoms with Gasteiger partial charge < -0.3 is 26.4 Å². The van der Waals surface area contributed by atoms with Crippen molar-refractivity contribution in [3.63, 3.8) is 0 Å². The molecule has 5 N–H and O–H groups in total. The molecule has 112 valence electrons. The Bertz CT molecular complexity index is 441. The number of likely N-dealkylation sites (tertiary alicyclic amines) is 2. The van der Waals surface area contributed by atoms with Crippen molar-refractivity contribution in [3.05, 3.63) is 0 Å². The summed E-state index contributed by atoms with van der Waals surface area (Å²) in [6, 6.07) is -1.03. The molecule has 2 heterocycles. The van der Waals surface area contributed by atoms with Gasteiger partial charge >= 0.3 is 0 Å². The highest BCUT2D eigenvalue weighted by atomic mass is 16.3. The van der Waals surface area contributed by atoms with Crippen LogP contribution in [-0.2, 0) is 14.4 Å². The molecule has 2 aliphatic rings. The average molecular weight is 284 g/mol. The SMILES string of the molecule is NCC(=O)N1CCCC12CCN([C@@H](CO)C(N)=O)C2=O. The third kappa shape index (κ3) is 2.04. The molecule has 0 aliphatic carbocycles. The number of aliphatic hydroxyl groups is 1. The van der Waals surface area contributed by atoms with Gasteiger partial charge in [-0.1, -0.05) is 0 Å². The smallest absolute Gasteiger partial charge is 0.249 e. The van der Waals surface area contributed by atoms with Gasteiger partial charge in [0, 0.05) is 13.1 Å². The maximum absolute atomic E-state index is 12.6. The number of nitrogens with zero attached hydrogens (tertiary/aromatic N) is 2. The van der Waals surface area contributed by atoms with Crippen LogP contribution in [0.15, 0.2) is 0 Å². The molecule has 0 aromatic heterocycles. The van der Waals surface area contributed by atoms with Gasteiger partial charge in [0.15, 0.2) is 0 Å². The van der Waals surface area contributed by atoms with E-state index in [1.165, 1.54) is 9.80 Å². The summed E-state index contributed by atoms with van der Waals surface area (Å²) in [6.07, 6.45) is 1.73. The standard InChI is InChI=1S/C12H20N4O4/c13-6-9(18)16-4-1-2-12(16)3-5-15(11(12)20)8(7-17)10(14)19/h8,17H,1-7,13H2,(H2,14,19)/t8-,12?/m0/s1. The van der Waals surface area contributed by atoms with Crippen molar-refractivity contribution in [2.45, 2.75) is 30.8 Å². The Morgan fingerprint density at radius 3 is 2.60 bits per heavy atom. The fraction of sp³-hybridized carbons (Fsp3) is 0.750. The lowest BCUT2D eigenvalue weighted by Crippen LogP contribution is -2.57. The summed E-state index contributed by atoms with van der Waals surface area (Å²) in [6.45, 7) is 0.146. The Kier molecular flexibility index (Phi) is 3.96. The molecule has 0 aromatic carbocycles. The van der Waals surface area contributed by atoms with E-state index >= 15 is 0 Å². The summed E-state index contributed by atoms with van der Waals surface area (Å²) >= 11 is 0. The highest BCUT2D eigenvalue weighted by Crippen LogP contribution is 2.39. The normalized spacial score (nSPS) is 27.4. The second-order valence-electron chi connectivity index (χ2n) is 5.23. The Morgan fingerprint density at radius 1 is 1.35 bits per heavy atom. The van der Waals surface area contributed by atoms with Crippen LogP contribution in [-0.4, -0.2) is 70.4 Å². The third-order valence-electron chi connectivity index (χ3n) is 4.27. The number of amides is 3. The lowest BCUT2D eigenvalue weighted by molar-refractivity contribution is -0.148. The van der Waals surface area contributed by atoms with E-state index in [1.807, 2.05) is 0 Å². The fourth-order valence-electron chi connectivity index (χ4n) is 3.26. The lowest BCUT2D eigenvalue weighted by Gasteiger charge is -2.34. The molecular formula is C12H20N4O4. The van der Waals surface area contributed by atoms with Crippen molar-refractivity contribution >= 4 is 17.7 Å². The van der Waals surface area contributed by atoms with Gasteiger partial charge in [-0.25, -0.2) is 0 Å². The number of primary amides is 1. The Morgan fingerprint density at radius 2 is 2.05 bits per heavy atom. The molecule has 8 nitrogen and oxygen atoms in total. The van der Waals surface area contributed by atoms with Crippen LogP contribution in [0.4, 0.5) is 0 Å². The molecule has 2 saturated heterocycles. The second kappa shape index (κ2) is 5.37. The van der Waals surface area contributed by atoms with Crippen molar-refractivity contribution in [1.82, 2.24) is 9.80 Å². The van der Waals surface area contributed by atoms with Crippen LogP contribution in [0.2, 0.25) is 0 Å². The lowest BCUT2D eigenvalue weighted by atomic mass is 9.94. The Labute approximate surface area is 116 Å². The number of carbonyl (C=O) groups excluding carboxylic acids is 3.